The zero-order valence-electron chi connectivity index (χ0n) is 25.3. The minimum atomic E-state index is -1.10. The summed E-state index contributed by atoms with van der Waals surface area (Å²) in [6.07, 6.45) is 5.12. The molecule has 0 aliphatic heterocycles. The van der Waals surface area contributed by atoms with Crippen molar-refractivity contribution < 1.29 is 48.0 Å². The molecule has 0 radical (unpaired) electrons. The van der Waals surface area contributed by atoms with Crippen LogP contribution in [-0.2, 0) is 23.2 Å². The van der Waals surface area contributed by atoms with Gasteiger partial charge < -0.3 is 24.8 Å². The second kappa shape index (κ2) is 12.2. The number of hydrogen-bond acceptors (Lipinski definition) is 0. The molecule has 0 N–H and O–H groups in total. The predicted octanol–water partition coefficient (Wildman–Crippen LogP) is 4.14. The third-order valence-electron chi connectivity index (χ3n) is 9.92. The van der Waals surface area contributed by atoms with Crippen LogP contribution in [0.2, 0.25) is 0 Å². The van der Waals surface area contributed by atoms with Crippen LogP contribution in [0, 0.1) is 55.4 Å². The maximum Gasteiger partial charge on any atom is -1.00 e. The summed E-state index contributed by atoms with van der Waals surface area (Å²) in [7, 11) is 0. The van der Waals surface area contributed by atoms with Gasteiger partial charge in [-0.05, 0) is 0 Å². The van der Waals surface area contributed by atoms with E-state index in [1.807, 2.05) is 0 Å². The normalized spacial score (nSPS) is 16.6. The Morgan fingerprint density at radius 3 is 1.07 bits per heavy atom. The van der Waals surface area contributed by atoms with Gasteiger partial charge in [0.1, 0.15) is 0 Å². The van der Waals surface area contributed by atoms with Crippen LogP contribution in [0.5, 0.6) is 0 Å². The molecule has 0 amide bonds. The Kier molecular flexibility index (Phi) is 9.45. The molecule has 0 saturated heterocycles. The van der Waals surface area contributed by atoms with Crippen LogP contribution in [0.25, 0.3) is 23.3 Å². The molecule has 0 aromatic heterocycles. The van der Waals surface area contributed by atoms with Crippen molar-refractivity contribution >= 4 is 23.3 Å². The van der Waals surface area contributed by atoms with Crippen molar-refractivity contribution in [3.8, 4) is 0 Å². The Morgan fingerprint density at radius 1 is 0.415 bits per heavy atom. The van der Waals surface area contributed by atoms with Gasteiger partial charge in [0.05, 0.1) is 0 Å². The molecule has 0 bridgehead atoms. The van der Waals surface area contributed by atoms with E-state index in [9.17, 15) is 0 Å². The molecule has 0 saturated carbocycles. The average molecular weight is 657 g/mol. The largest absolute Gasteiger partial charge is 1.00 e. The molecule has 2 aliphatic carbocycles. The van der Waals surface area contributed by atoms with Crippen molar-refractivity contribution in [3.63, 3.8) is 0 Å². The maximum atomic E-state index is 2.56. The fourth-order valence-electron chi connectivity index (χ4n) is 6.92. The second-order valence-electron chi connectivity index (χ2n) is 11.6. The van der Waals surface area contributed by atoms with Crippen LogP contribution in [0.4, 0.5) is 0 Å². The summed E-state index contributed by atoms with van der Waals surface area (Å²) in [6.45, 7) is 18.7. The molecule has 2 unspecified atom stereocenters. The summed E-state index contributed by atoms with van der Waals surface area (Å²) in [5.74, 6) is 0. The summed E-state index contributed by atoms with van der Waals surface area (Å²) in [6, 6.07) is 22.4. The van der Waals surface area contributed by atoms with Crippen LogP contribution in [0.15, 0.2) is 60.7 Å². The van der Waals surface area contributed by atoms with E-state index in [-0.39, 0.29) is 24.8 Å². The third kappa shape index (κ3) is 5.07. The number of rotatable bonds is 4. The summed E-state index contributed by atoms with van der Waals surface area (Å²) >= 11 is -1.10. The molecule has 2 atom stereocenters. The van der Waals surface area contributed by atoms with Crippen LogP contribution < -0.4 is 24.8 Å². The van der Waals surface area contributed by atoms with E-state index >= 15 is 0 Å². The van der Waals surface area contributed by atoms with E-state index in [1.54, 1.807) is 22.3 Å². The first-order chi connectivity index (χ1) is 18.7. The Bertz CT molecular complexity index is 1570. The van der Waals surface area contributed by atoms with Gasteiger partial charge in [0.2, 0.25) is 0 Å². The Labute approximate surface area is 270 Å². The molecular weight excluding hydrogens is 619 g/mol. The first-order valence-electron chi connectivity index (χ1n) is 14.2. The SMILES string of the molecule is Cc1c(C)c(C)c2c(c1C)C=C(c1ccccc1)[CH]2[Zr+2][CH]1C(c2ccccc2)=Cc2c(C)c(C)c(C)c(C)c21.[Cl-].[Cl-]. The molecule has 0 heterocycles. The van der Waals surface area contributed by atoms with Gasteiger partial charge in [-0.25, -0.2) is 0 Å². The number of allylic oxidation sites excluding steroid dienone is 2. The van der Waals surface area contributed by atoms with Gasteiger partial charge in [0, 0.05) is 0 Å². The van der Waals surface area contributed by atoms with Crippen LogP contribution in [0.3, 0.4) is 0 Å². The standard InChI is InChI=1S/2C19H19.2ClH.Zr/c2*1-12-13(2)15(4)19-11-17(10-18(19)14(12)3)16-8-6-5-7-9-16;;;/h2*5-11H,1-4H3;2*1H;/q;;;;+2/p-2. The van der Waals surface area contributed by atoms with Gasteiger partial charge in [0.15, 0.2) is 0 Å². The number of halogens is 2. The van der Waals surface area contributed by atoms with Crippen LogP contribution >= 0.6 is 0 Å². The predicted molar refractivity (Wildman–Crippen MR) is 165 cm³/mol. The molecule has 3 heteroatoms. The van der Waals surface area contributed by atoms with Crippen LogP contribution in [0.1, 0.15) is 85.1 Å². The monoisotopic (exact) mass is 654 g/mol. The van der Waals surface area contributed by atoms with Gasteiger partial charge >= 0.3 is 248 Å². The molecule has 2 aliphatic rings. The zero-order valence-corrected chi connectivity index (χ0v) is 29.3. The molecule has 208 valence electrons. The Hall–Kier alpha value is -2.18. The van der Waals surface area contributed by atoms with Gasteiger partial charge in [0.25, 0.3) is 0 Å². The van der Waals surface area contributed by atoms with E-state index in [0.29, 0.717) is 7.25 Å². The first-order valence-corrected chi connectivity index (χ1v) is 17.0. The second-order valence-corrected chi connectivity index (χ2v) is 15.3. The topological polar surface area (TPSA) is 0 Å². The van der Waals surface area contributed by atoms with E-state index in [4.69, 9.17) is 0 Å². The van der Waals surface area contributed by atoms with E-state index in [1.165, 1.54) is 66.8 Å². The molecule has 0 fully saturated rings. The van der Waals surface area contributed by atoms with E-state index in [2.05, 4.69) is 128 Å². The van der Waals surface area contributed by atoms with Crippen LogP contribution in [-0.4, -0.2) is 0 Å². The summed E-state index contributed by atoms with van der Waals surface area (Å²) in [4.78, 5) is 0. The van der Waals surface area contributed by atoms with E-state index in [0.717, 1.165) is 0 Å². The molecule has 4 aromatic carbocycles. The average Bonchev–Trinajstić information content (AvgIpc) is 3.53. The molecule has 0 spiro atoms. The smallest absolute Gasteiger partial charge is 1.00 e. The minimum Gasteiger partial charge on any atom is -1.00 e. The van der Waals surface area contributed by atoms with Crippen molar-refractivity contribution in [2.45, 2.75) is 62.6 Å². The van der Waals surface area contributed by atoms with Crippen molar-refractivity contribution in [1.82, 2.24) is 0 Å². The van der Waals surface area contributed by atoms with Gasteiger partial charge in [-0.2, -0.15) is 0 Å². The quantitative estimate of drug-likeness (QED) is 0.310. The van der Waals surface area contributed by atoms with Crippen molar-refractivity contribution in [1.29, 1.82) is 0 Å². The maximum absolute atomic E-state index is 2.56. The van der Waals surface area contributed by atoms with Gasteiger partial charge in [-0.15, -0.1) is 0 Å². The first kappa shape index (κ1) is 31.8. The Balaban J connectivity index is 0.00000194. The Morgan fingerprint density at radius 2 is 0.732 bits per heavy atom. The zero-order chi connectivity index (χ0) is 27.6. The van der Waals surface area contributed by atoms with Crippen molar-refractivity contribution in [3.05, 3.63) is 139 Å². The van der Waals surface area contributed by atoms with Gasteiger partial charge in [-0.1, -0.05) is 0 Å². The molecular formula is C38H38Cl2Zr. The number of benzene rings is 4. The van der Waals surface area contributed by atoms with Gasteiger partial charge in [-0.3, -0.25) is 0 Å². The summed E-state index contributed by atoms with van der Waals surface area (Å²) in [5, 5.41) is 0. The summed E-state index contributed by atoms with van der Waals surface area (Å²) in [5.41, 5.74) is 23.9. The van der Waals surface area contributed by atoms with Crippen molar-refractivity contribution in [2.75, 3.05) is 0 Å². The molecule has 4 aromatic rings. The minimum absolute atomic E-state index is 0. The fraction of sp³-hybridized carbons (Fsp3) is 0.263. The fourth-order valence-corrected chi connectivity index (χ4v) is 12.5. The summed E-state index contributed by atoms with van der Waals surface area (Å²) < 4.78 is 1.04. The molecule has 0 nitrogen and oxygen atoms in total. The van der Waals surface area contributed by atoms with E-state index < -0.39 is 23.2 Å². The molecule has 41 heavy (non-hydrogen) atoms. The third-order valence-corrected chi connectivity index (χ3v) is 14.5. The number of fused-ring (bicyclic) bond motifs is 2. The number of hydrogen-bond donors (Lipinski definition) is 0. The molecule has 6 rings (SSSR count). The van der Waals surface area contributed by atoms with Crippen molar-refractivity contribution in [2.24, 2.45) is 0 Å².